The number of hydrogen-bond donors (Lipinski definition) is 4. The molecule has 6 fully saturated rings. The number of alkyl halides is 3. The maximum atomic E-state index is 15.5. The fraction of sp³-hybridized carbons (Fsp3) is 0.746. The van der Waals surface area contributed by atoms with Gasteiger partial charge in [0.2, 0.25) is 70.9 Å². The number of hydrogen-bond acceptors (Lipinski definition) is 12. The third-order valence-electron chi connectivity index (χ3n) is 22.0. The smallest absolute Gasteiger partial charge is 0.347 e. The molecule has 3 aliphatic heterocycles. The molecule has 6 aliphatic rings. The van der Waals surface area contributed by atoms with E-state index in [1.807, 2.05) is 13.8 Å². The van der Waals surface area contributed by atoms with Gasteiger partial charge in [0.15, 0.2) is 0 Å². The molecule has 552 valence electrons. The Morgan fingerprint density at radius 1 is 0.657 bits per heavy atom. The Kier molecular flexibility index (Phi) is 27.7. The fourth-order valence-corrected chi connectivity index (χ4v) is 15.6. The van der Waals surface area contributed by atoms with Crippen molar-refractivity contribution in [2.24, 2.45) is 17.8 Å². The zero-order chi connectivity index (χ0) is 73.0. The second kappa shape index (κ2) is 34.8. The van der Waals surface area contributed by atoms with Crippen molar-refractivity contribution in [3.63, 3.8) is 0 Å². The van der Waals surface area contributed by atoms with E-state index in [0.717, 1.165) is 62.3 Å². The van der Waals surface area contributed by atoms with E-state index in [1.54, 1.807) is 6.92 Å². The van der Waals surface area contributed by atoms with Crippen molar-refractivity contribution in [2.45, 2.75) is 254 Å². The molecule has 10 atom stereocenters. The number of amides is 12. The van der Waals surface area contributed by atoms with Gasteiger partial charge >= 0.3 is 6.18 Å². The van der Waals surface area contributed by atoms with Gasteiger partial charge < -0.3 is 60.5 Å². The second-order valence-electron chi connectivity index (χ2n) is 29.1. The summed E-state index contributed by atoms with van der Waals surface area (Å²) in [7, 11) is 10.1. The molecule has 28 heteroatoms. The van der Waals surface area contributed by atoms with Gasteiger partial charge in [0.1, 0.15) is 65.7 Å². The van der Waals surface area contributed by atoms with Crippen LogP contribution < -0.4 is 21.3 Å². The van der Waals surface area contributed by atoms with Gasteiger partial charge in [-0.05, 0) is 113 Å². The Morgan fingerprint density at radius 3 is 1.90 bits per heavy atom. The minimum absolute atomic E-state index is 0.000649. The SMILES string of the molecule is CCCCC[C@H]1C(=O)N[C@@H]([C@@H](C)CC)C(=O)N[C@@H](C)C(=O)N2CC[C@H]2C(=O)N(C)[C@@H](CC2CCCCC2)C(=O)N(C)CC(=O)N[C@@H](CCc2ccc(C(F)(F)F)c(F)c2)C(=O)N2CCC[C@H]2C(=O)NC2(CCCC2)C(=O)N(C)[C@@H](C2CCCC2)C(=O)N(C)[C@H](C(=O)N(C)C)CC(=O)N1C. The number of fused-ring (bicyclic) bond motifs is 2. The van der Waals surface area contributed by atoms with E-state index in [4.69, 9.17) is 0 Å². The minimum atomic E-state index is -5.00. The van der Waals surface area contributed by atoms with Crippen LogP contribution in [-0.4, -0.2) is 239 Å². The monoisotopic (exact) mass is 1400 g/mol. The van der Waals surface area contributed by atoms with E-state index in [1.165, 1.54) is 90.6 Å². The van der Waals surface area contributed by atoms with Crippen LogP contribution in [-0.2, 0) is 70.1 Å². The summed E-state index contributed by atoms with van der Waals surface area (Å²) in [6.07, 6.45) is 5.33. The highest BCUT2D eigenvalue weighted by molar-refractivity contribution is 6.01. The van der Waals surface area contributed by atoms with Crippen LogP contribution in [0.3, 0.4) is 0 Å². The van der Waals surface area contributed by atoms with Crippen LogP contribution in [0.1, 0.15) is 193 Å². The predicted molar refractivity (Wildman–Crippen MR) is 359 cm³/mol. The molecule has 1 spiro atoms. The first kappa shape index (κ1) is 78.9. The van der Waals surface area contributed by atoms with E-state index >= 15 is 23.6 Å². The highest BCUT2D eigenvalue weighted by Gasteiger charge is 2.52. The fourth-order valence-electron chi connectivity index (χ4n) is 15.6. The lowest BCUT2D eigenvalue weighted by atomic mass is 9.84. The van der Waals surface area contributed by atoms with Crippen LogP contribution >= 0.6 is 0 Å². The topological polar surface area (TPSA) is 279 Å². The van der Waals surface area contributed by atoms with Gasteiger partial charge in [-0.3, -0.25) is 57.5 Å². The Hall–Kier alpha value is -7.42. The summed E-state index contributed by atoms with van der Waals surface area (Å²) in [6.45, 7) is 6.49. The number of benzene rings is 1. The van der Waals surface area contributed by atoms with Crippen LogP contribution in [0.2, 0.25) is 0 Å². The van der Waals surface area contributed by atoms with Gasteiger partial charge in [0, 0.05) is 62.4 Å². The van der Waals surface area contributed by atoms with Crippen LogP contribution in [0, 0.1) is 23.6 Å². The number of carbonyl (C=O) groups excluding carboxylic acids is 12. The highest BCUT2D eigenvalue weighted by Crippen LogP contribution is 2.38. The lowest BCUT2D eigenvalue weighted by Gasteiger charge is -2.44. The average Bonchev–Trinajstić information content (AvgIpc) is 1.76. The molecular weight excluding hydrogens is 1290 g/mol. The van der Waals surface area contributed by atoms with Gasteiger partial charge in [-0.1, -0.05) is 110 Å². The number of nitrogens with one attached hydrogen (secondary N) is 4. The molecule has 0 radical (unpaired) electrons. The van der Waals surface area contributed by atoms with Crippen molar-refractivity contribution in [2.75, 3.05) is 69.0 Å². The molecule has 0 bridgehead atoms. The van der Waals surface area contributed by atoms with Gasteiger partial charge in [-0.2, -0.15) is 13.2 Å². The third kappa shape index (κ3) is 19.0. The number of rotatable bonds is 13. The lowest BCUT2D eigenvalue weighted by Crippen LogP contribution is -2.65. The summed E-state index contributed by atoms with van der Waals surface area (Å²) in [5.41, 5.74) is -3.03. The summed E-state index contributed by atoms with van der Waals surface area (Å²) < 4.78 is 56.2. The number of aryl methyl sites for hydroxylation is 1. The number of unbranched alkanes of at least 4 members (excludes halogenated alkanes) is 2. The molecule has 7 rings (SSSR count). The van der Waals surface area contributed by atoms with E-state index in [2.05, 4.69) is 21.3 Å². The van der Waals surface area contributed by atoms with Gasteiger partial charge in [-0.15, -0.1) is 0 Å². The van der Waals surface area contributed by atoms with E-state index in [0.29, 0.717) is 63.5 Å². The van der Waals surface area contributed by atoms with E-state index in [9.17, 15) is 51.5 Å². The number of halogens is 4. The zero-order valence-corrected chi connectivity index (χ0v) is 59.9. The highest BCUT2D eigenvalue weighted by atomic mass is 19.4. The van der Waals surface area contributed by atoms with Crippen molar-refractivity contribution < 1.29 is 75.1 Å². The van der Waals surface area contributed by atoms with Crippen molar-refractivity contribution in [1.82, 2.24) is 60.5 Å². The largest absolute Gasteiger partial charge is 0.419 e. The molecular formula is C71H108F4N12O12. The second-order valence-corrected chi connectivity index (χ2v) is 29.1. The van der Waals surface area contributed by atoms with Crippen LogP contribution in [0.5, 0.6) is 0 Å². The maximum absolute atomic E-state index is 15.5. The quantitative estimate of drug-likeness (QED) is 0.144. The van der Waals surface area contributed by atoms with Gasteiger partial charge in [0.05, 0.1) is 18.5 Å². The molecule has 3 heterocycles. The number of carbonyl (C=O) groups is 12. The third-order valence-corrected chi connectivity index (χ3v) is 22.0. The molecule has 12 amide bonds. The minimum Gasteiger partial charge on any atom is -0.347 e. The van der Waals surface area contributed by atoms with Crippen LogP contribution in [0.4, 0.5) is 17.6 Å². The molecule has 0 unspecified atom stereocenters. The average molecular weight is 1400 g/mol. The molecule has 0 aromatic heterocycles. The van der Waals surface area contributed by atoms with Crippen LogP contribution in [0.25, 0.3) is 0 Å². The van der Waals surface area contributed by atoms with Crippen molar-refractivity contribution in [3.8, 4) is 0 Å². The molecule has 24 nitrogen and oxygen atoms in total. The first-order chi connectivity index (χ1) is 46.8. The Labute approximate surface area is 580 Å². The number of likely N-dealkylation sites (N-methyl/N-ethyl adjacent to an activating group) is 6. The standard InChI is InChI=1S/C71H108F4N12O12/c1-12-14-16-28-51-60(90)78-58(43(3)13-2)62(92)76-44(4)63(93)87-38-34-53(87)67(97)83(9)54(40-45-24-17-15-18-25-45)66(96)81(7)42-56(88)77-50(33-31-46-30-32-48(49(72)39-46)71(73,74)75)64(94)86-37-23-29-52(86)61(91)79-70(35-21-22-36-70)69(99)85(11)59(47-26-19-20-27-47)68(98)84(10)55(65(95)80(5)6)41-57(89)82(51)8/h30,32,39,43-45,47,50-55,58-59H,12-29,31,33-38,40-42H2,1-11H3,(H,76,92)(H,77,88)(H,78,90)(H,79,91)/t43-,44-,50-,51-,52-,53-,54-,55-,58-,59-/m0/s1. The molecule has 1 aromatic rings. The van der Waals surface area contributed by atoms with Crippen molar-refractivity contribution in [1.29, 1.82) is 0 Å². The van der Waals surface area contributed by atoms with Crippen LogP contribution in [0.15, 0.2) is 18.2 Å². The summed E-state index contributed by atoms with van der Waals surface area (Å²) >= 11 is 0. The Morgan fingerprint density at radius 2 is 1.30 bits per heavy atom. The summed E-state index contributed by atoms with van der Waals surface area (Å²) in [4.78, 5) is 188. The summed E-state index contributed by atoms with van der Waals surface area (Å²) in [6, 6.07) is -8.83. The normalized spacial score (nSPS) is 27.8. The van der Waals surface area contributed by atoms with Gasteiger partial charge in [0.25, 0.3) is 0 Å². The van der Waals surface area contributed by atoms with E-state index < -0.39 is 173 Å². The molecule has 1 aromatic carbocycles. The summed E-state index contributed by atoms with van der Waals surface area (Å²) in [5.74, 6) is -10.5. The Bertz CT molecular complexity index is 3100. The lowest BCUT2D eigenvalue weighted by molar-refractivity contribution is -0.158. The van der Waals surface area contributed by atoms with Crippen molar-refractivity contribution in [3.05, 3.63) is 35.1 Å². The Balaban J connectivity index is 1.28. The predicted octanol–water partition coefficient (Wildman–Crippen LogP) is 5.32. The van der Waals surface area contributed by atoms with Gasteiger partial charge in [-0.25, -0.2) is 4.39 Å². The number of nitrogens with zero attached hydrogens (tertiary/aromatic N) is 8. The first-order valence-electron chi connectivity index (χ1n) is 36.0. The summed E-state index contributed by atoms with van der Waals surface area (Å²) in [5, 5.41) is 11.4. The molecule has 3 aliphatic carbocycles. The van der Waals surface area contributed by atoms with E-state index in [-0.39, 0.29) is 75.9 Å². The molecule has 99 heavy (non-hydrogen) atoms. The first-order valence-corrected chi connectivity index (χ1v) is 36.0. The molecule has 4 N–H and O–H groups in total. The zero-order valence-electron chi connectivity index (χ0n) is 59.9. The van der Waals surface area contributed by atoms with Crippen molar-refractivity contribution >= 4 is 70.9 Å². The molecule has 3 saturated heterocycles. The maximum Gasteiger partial charge on any atom is 0.419 e. The molecule has 3 saturated carbocycles.